The van der Waals surface area contributed by atoms with Crippen LogP contribution >= 0.6 is 0 Å². The molecule has 1 aliphatic rings. The zero-order valence-corrected chi connectivity index (χ0v) is 12.2. The highest BCUT2D eigenvalue weighted by Crippen LogP contribution is 2.30. The summed E-state index contributed by atoms with van der Waals surface area (Å²) in [6, 6.07) is 7.46. The van der Waals surface area contributed by atoms with Gasteiger partial charge in [0, 0.05) is 13.1 Å². The first-order valence-electron chi connectivity index (χ1n) is 7.52. The largest absolute Gasteiger partial charge is 0.492 e. The predicted molar refractivity (Wildman–Crippen MR) is 80.2 cm³/mol. The molecular weight excluding hydrogens is 252 g/mol. The molecule has 0 unspecified atom stereocenters. The Labute approximate surface area is 120 Å². The van der Waals surface area contributed by atoms with Crippen LogP contribution in [0, 0.1) is 5.92 Å². The number of ether oxygens (including phenoxy) is 1. The van der Waals surface area contributed by atoms with E-state index in [1.54, 1.807) is 0 Å². The lowest BCUT2D eigenvalue weighted by Crippen LogP contribution is -2.32. The quantitative estimate of drug-likeness (QED) is 0.680. The van der Waals surface area contributed by atoms with Gasteiger partial charge in [-0.15, -0.1) is 0 Å². The number of carbonyl (C=O) groups is 1. The predicted octanol–water partition coefficient (Wildman–Crippen LogP) is 2.20. The molecule has 0 heterocycles. The summed E-state index contributed by atoms with van der Waals surface area (Å²) in [5.74, 6) is 1.32. The molecule has 1 saturated carbocycles. The van der Waals surface area contributed by atoms with Crippen molar-refractivity contribution >= 4 is 5.91 Å². The fourth-order valence-corrected chi connectivity index (χ4v) is 1.93. The fraction of sp³-hybridized carbons (Fsp3) is 0.562. The summed E-state index contributed by atoms with van der Waals surface area (Å²) >= 11 is 0. The molecule has 20 heavy (non-hydrogen) atoms. The molecule has 2 rings (SSSR count). The topological polar surface area (TPSA) is 50.4 Å². The van der Waals surface area contributed by atoms with Crippen molar-refractivity contribution in [1.82, 2.24) is 10.6 Å². The lowest BCUT2D eigenvalue weighted by Gasteiger charge is -2.11. The first-order valence-corrected chi connectivity index (χ1v) is 7.52. The van der Waals surface area contributed by atoms with Crippen LogP contribution in [0.3, 0.4) is 0 Å². The van der Waals surface area contributed by atoms with Gasteiger partial charge in [-0.3, -0.25) is 4.79 Å². The van der Waals surface area contributed by atoms with Gasteiger partial charge < -0.3 is 15.4 Å². The van der Waals surface area contributed by atoms with Gasteiger partial charge in [0.1, 0.15) is 5.75 Å². The molecule has 0 spiro atoms. The highest BCUT2D eigenvalue weighted by Gasteiger charge is 2.22. The summed E-state index contributed by atoms with van der Waals surface area (Å²) in [6.07, 6.45) is 3.60. The standard InChI is InChI=1S/C16H24N2O2/c1-2-9-17-10-11-18-16(19)14-5-3-4-6-15(14)20-12-13-7-8-13/h3-6,13,17H,2,7-12H2,1H3,(H,18,19). The van der Waals surface area contributed by atoms with Crippen molar-refractivity contribution < 1.29 is 9.53 Å². The number of rotatable bonds is 9. The van der Waals surface area contributed by atoms with E-state index in [0.29, 0.717) is 23.8 Å². The molecule has 0 aromatic heterocycles. The fourth-order valence-electron chi connectivity index (χ4n) is 1.93. The Morgan fingerprint density at radius 2 is 2.05 bits per heavy atom. The SMILES string of the molecule is CCCNCCNC(=O)c1ccccc1OCC1CC1. The van der Waals surface area contributed by atoms with Crippen LogP contribution in [0.25, 0.3) is 0 Å². The summed E-state index contributed by atoms with van der Waals surface area (Å²) in [5, 5.41) is 6.18. The van der Waals surface area contributed by atoms with E-state index in [2.05, 4.69) is 17.6 Å². The molecule has 1 amide bonds. The average molecular weight is 276 g/mol. The van der Waals surface area contributed by atoms with Crippen molar-refractivity contribution in [3.8, 4) is 5.75 Å². The molecule has 1 aromatic carbocycles. The van der Waals surface area contributed by atoms with Gasteiger partial charge >= 0.3 is 0 Å². The molecule has 0 radical (unpaired) electrons. The number of para-hydroxylation sites is 1. The molecule has 1 aliphatic carbocycles. The summed E-state index contributed by atoms with van der Waals surface area (Å²) in [6.45, 7) is 5.26. The summed E-state index contributed by atoms with van der Waals surface area (Å²) < 4.78 is 5.75. The molecule has 2 N–H and O–H groups in total. The molecule has 0 atom stereocenters. The Balaban J connectivity index is 1.81. The van der Waals surface area contributed by atoms with E-state index in [0.717, 1.165) is 26.1 Å². The summed E-state index contributed by atoms with van der Waals surface area (Å²) in [7, 11) is 0. The third-order valence-corrected chi connectivity index (χ3v) is 3.32. The molecule has 1 fully saturated rings. The Morgan fingerprint density at radius 1 is 1.25 bits per heavy atom. The average Bonchev–Trinajstić information content (AvgIpc) is 3.29. The minimum absolute atomic E-state index is 0.0605. The Morgan fingerprint density at radius 3 is 2.80 bits per heavy atom. The summed E-state index contributed by atoms with van der Waals surface area (Å²) in [4.78, 5) is 12.1. The van der Waals surface area contributed by atoms with E-state index < -0.39 is 0 Å². The second kappa shape index (κ2) is 7.90. The van der Waals surface area contributed by atoms with Gasteiger partial charge in [0.25, 0.3) is 5.91 Å². The summed E-state index contributed by atoms with van der Waals surface area (Å²) in [5.41, 5.74) is 0.628. The first kappa shape index (κ1) is 14.9. The Hall–Kier alpha value is -1.55. The minimum atomic E-state index is -0.0605. The molecule has 0 aliphatic heterocycles. The van der Waals surface area contributed by atoms with Gasteiger partial charge in [0.2, 0.25) is 0 Å². The number of amides is 1. The second-order valence-electron chi connectivity index (χ2n) is 5.26. The van der Waals surface area contributed by atoms with Crippen LogP contribution in [0.1, 0.15) is 36.5 Å². The van der Waals surface area contributed by atoms with Crippen LogP contribution in [-0.2, 0) is 0 Å². The van der Waals surface area contributed by atoms with Gasteiger partial charge in [0.05, 0.1) is 12.2 Å². The van der Waals surface area contributed by atoms with Crippen molar-refractivity contribution in [2.45, 2.75) is 26.2 Å². The van der Waals surface area contributed by atoms with E-state index in [1.807, 2.05) is 24.3 Å². The van der Waals surface area contributed by atoms with Crippen LogP contribution in [0.15, 0.2) is 24.3 Å². The number of benzene rings is 1. The first-order chi connectivity index (χ1) is 9.81. The monoisotopic (exact) mass is 276 g/mol. The maximum atomic E-state index is 12.1. The third kappa shape index (κ3) is 4.85. The molecule has 0 saturated heterocycles. The van der Waals surface area contributed by atoms with Gasteiger partial charge in [0.15, 0.2) is 0 Å². The van der Waals surface area contributed by atoms with Gasteiger partial charge in [-0.05, 0) is 43.9 Å². The zero-order valence-electron chi connectivity index (χ0n) is 12.2. The lowest BCUT2D eigenvalue weighted by atomic mass is 10.2. The maximum Gasteiger partial charge on any atom is 0.255 e. The molecule has 0 bridgehead atoms. The molecule has 4 heteroatoms. The molecular formula is C16H24N2O2. The van der Waals surface area contributed by atoms with Crippen molar-refractivity contribution in [3.63, 3.8) is 0 Å². The van der Waals surface area contributed by atoms with E-state index in [9.17, 15) is 4.79 Å². The highest BCUT2D eigenvalue weighted by molar-refractivity contribution is 5.96. The number of hydrogen-bond acceptors (Lipinski definition) is 3. The van der Waals surface area contributed by atoms with Crippen LogP contribution in [0.5, 0.6) is 5.75 Å². The van der Waals surface area contributed by atoms with E-state index in [1.165, 1.54) is 12.8 Å². The second-order valence-corrected chi connectivity index (χ2v) is 5.26. The van der Waals surface area contributed by atoms with Gasteiger partial charge in [-0.1, -0.05) is 19.1 Å². The van der Waals surface area contributed by atoms with E-state index in [-0.39, 0.29) is 5.91 Å². The van der Waals surface area contributed by atoms with Crippen LogP contribution in [0.4, 0.5) is 0 Å². The van der Waals surface area contributed by atoms with Gasteiger partial charge in [-0.25, -0.2) is 0 Å². The zero-order chi connectivity index (χ0) is 14.2. The lowest BCUT2D eigenvalue weighted by molar-refractivity contribution is 0.0949. The molecule has 4 nitrogen and oxygen atoms in total. The van der Waals surface area contributed by atoms with Crippen LogP contribution < -0.4 is 15.4 Å². The van der Waals surface area contributed by atoms with Crippen molar-refractivity contribution in [3.05, 3.63) is 29.8 Å². The highest BCUT2D eigenvalue weighted by atomic mass is 16.5. The number of hydrogen-bond donors (Lipinski definition) is 2. The van der Waals surface area contributed by atoms with Crippen molar-refractivity contribution in [1.29, 1.82) is 0 Å². The van der Waals surface area contributed by atoms with Crippen LogP contribution in [-0.4, -0.2) is 32.1 Å². The minimum Gasteiger partial charge on any atom is -0.492 e. The van der Waals surface area contributed by atoms with E-state index in [4.69, 9.17) is 4.74 Å². The third-order valence-electron chi connectivity index (χ3n) is 3.32. The van der Waals surface area contributed by atoms with Crippen molar-refractivity contribution in [2.24, 2.45) is 5.92 Å². The van der Waals surface area contributed by atoms with E-state index >= 15 is 0 Å². The van der Waals surface area contributed by atoms with Crippen LogP contribution in [0.2, 0.25) is 0 Å². The molecule has 110 valence electrons. The Bertz CT molecular complexity index is 430. The Kier molecular flexibility index (Phi) is 5.87. The number of nitrogens with one attached hydrogen (secondary N) is 2. The van der Waals surface area contributed by atoms with Crippen molar-refractivity contribution in [2.75, 3.05) is 26.2 Å². The smallest absolute Gasteiger partial charge is 0.255 e. The maximum absolute atomic E-state index is 12.1. The normalized spacial score (nSPS) is 14.1. The molecule has 1 aromatic rings. The van der Waals surface area contributed by atoms with Gasteiger partial charge in [-0.2, -0.15) is 0 Å². The number of carbonyl (C=O) groups excluding carboxylic acids is 1.